The number of halogens is 1. The zero-order chi connectivity index (χ0) is 15.0. The molecule has 0 fully saturated rings. The van der Waals surface area contributed by atoms with Crippen LogP contribution in [0.15, 0.2) is 45.5 Å². The lowest BCUT2D eigenvalue weighted by atomic mass is 10.2. The molecule has 0 radical (unpaired) electrons. The van der Waals surface area contributed by atoms with E-state index in [9.17, 15) is 4.79 Å². The summed E-state index contributed by atoms with van der Waals surface area (Å²) in [6.45, 7) is 0.420. The maximum Gasteiger partial charge on any atom is 0.266 e. The van der Waals surface area contributed by atoms with Gasteiger partial charge in [-0.05, 0) is 30.3 Å². The van der Waals surface area contributed by atoms with E-state index in [0.29, 0.717) is 17.1 Å². The van der Waals surface area contributed by atoms with Crippen LogP contribution in [0.4, 0.5) is 5.69 Å². The van der Waals surface area contributed by atoms with Crippen LogP contribution < -0.4 is 5.73 Å². The Hall–Kier alpha value is -1.79. The molecule has 0 saturated carbocycles. The highest BCUT2D eigenvalue weighted by Crippen LogP contribution is 2.36. The molecule has 1 amide bonds. The van der Waals surface area contributed by atoms with Crippen LogP contribution in [-0.2, 0) is 6.54 Å². The molecule has 0 saturated heterocycles. The molecule has 3 aromatic rings. The van der Waals surface area contributed by atoms with Crippen LogP contribution in [0.3, 0.4) is 0 Å². The Bertz CT molecular complexity index is 795. The number of anilines is 1. The highest BCUT2D eigenvalue weighted by molar-refractivity contribution is 9.10. The highest BCUT2D eigenvalue weighted by Gasteiger charge is 2.20. The van der Waals surface area contributed by atoms with Gasteiger partial charge in [0.1, 0.15) is 10.6 Å². The smallest absolute Gasteiger partial charge is 0.266 e. The SMILES string of the molecule is CN(Cc1ccco1)C(=O)c1sc2ccc(Br)cc2c1N. The summed E-state index contributed by atoms with van der Waals surface area (Å²) in [4.78, 5) is 14.7. The van der Waals surface area contributed by atoms with Crippen molar-refractivity contribution in [3.05, 3.63) is 51.7 Å². The Morgan fingerprint density at radius 2 is 2.24 bits per heavy atom. The van der Waals surface area contributed by atoms with E-state index >= 15 is 0 Å². The van der Waals surface area contributed by atoms with Crippen LogP contribution in [0.25, 0.3) is 10.1 Å². The lowest BCUT2D eigenvalue weighted by Gasteiger charge is -2.14. The van der Waals surface area contributed by atoms with Crippen LogP contribution in [0.5, 0.6) is 0 Å². The van der Waals surface area contributed by atoms with Crippen molar-refractivity contribution in [2.45, 2.75) is 6.54 Å². The number of hydrogen-bond acceptors (Lipinski definition) is 4. The van der Waals surface area contributed by atoms with Gasteiger partial charge in [-0.25, -0.2) is 0 Å². The van der Waals surface area contributed by atoms with Crippen LogP contribution in [-0.4, -0.2) is 17.9 Å². The van der Waals surface area contributed by atoms with E-state index in [1.54, 1.807) is 24.3 Å². The average Bonchev–Trinajstić information content (AvgIpc) is 3.07. The fourth-order valence-electron chi connectivity index (χ4n) is 2.13. The number of amides is 1. The van der Waals surface area contributed by atoms with Gasteiger partial charge < -0.3 is 15.1 Å². The minimum absolute atomic E-state index is 0.0961. The first-order valence-corrected chi connectivity index (χ1v) is 7.92. The second-order valence-electron chi connectivity index (χ2n) is 4.73. The molecule has 2 N–H and O–H groups in total. The standard InChI is InChI=1S/C15H13BrN2O2S/c1-18(8-10-3-2-6-20-10)15(19)14-13(17)11-7-9(16)4-5-12(11)21-14/h2-7H,8,17H2,1H3. The Morgan fingerprint density at radius 3 is 2.95 bits per heavy atom. The fraction of sp³-hybridized carbons (Fsp3) is 0.133. The average molecular weight is 365 g/mol. The zero-order valence-corrected chi connectivity index (χ0v) is 13.7. The van der Waals surface area contributed by atoms with Crippen molar-refractivity contribution in [3.8, 4) is 0 Å². The van der Waals surface area contributed by atoms with Gasteiger partial charge in [-0.3, -0.25) is 4.79 Å². The number of benzene rings is 1. The Balaban J connectivity index is 1.92. The first-order valence-electron chi connectivity index (χ1n) is 6.31. The predicted octanol–water partition coefficient (Wildman–Crippen LogP) is 4.11. The molecule has 0 unspecified atom stereocenters. The van der Waals surface area contributed by atoms with Crippen molar-refractivity contribution in [2.24, 2.45) is 0 Å². The van der Waals surface area contributed by atoms with E-state index in [1.807, 2.05) is 24.3 Å². The van der Waals surface area contributed by atoms with Crippen molar-refractivity contribution in [3.63, 3.8) is 0 Å². The fourth-order valence-corrected chi connectivity index (χ4v) is 3.59. The largest absolute Gasteiger partial charge is 0.467 e. The molecular formula is C15H13BrN2O2S. The summed E-state index contributed by atoms with van der Waals surface area (Å²) < 4.78 is 7.22. The van der Waals surface area contributed by atoms with Gasteiger partial charge in [0.25, 0.3) is 5.91 Å². The van der Waals surface area contributed by atoms with Crippen LogP contribution >= 0.6 is 27.3 Å². The molecular weight excluding hydrogens is 352 g/mol. The number of furan rings is 1. The van der Waals surface area contributed by atoms with Gasteiger partial charge in [-0.2, -0.15) is 0 Å². The van der Waals surface area contributed by atoms with E-state index in [2.05, 4.69) is 15.9 Å². The molecule has 2 heterocycles. The third-order valence-electron chi connectivity index (χ3n) is 3.20. The Morgan fingerprint density at radius 1 is 1.43 bits per heavy atom. The third-order valence-corrected chi connectivity index (χ3v) is 4.87. The number of carbonyl (C=O) groups excluding carboxylic acids is 1. The minimum Gasteiger partial charge on any atom is -0.467 e. The monoisotopic (exact) mass is 364 g/mol. The van der Waals surface area contributed by atoms with E-state index in [1.165, 1.54) is 11.3 Å². The molecule has 0 bridgehead atoms. The first-order chi connectivity index (χ1) is 10.1. The number of carbonyl (C=O) groups is 1. The number of nitrogens with zero attached hydrogens (tertiary/aromatic N) is 1. The maximum absolute atomic E-state index is 12.5. The van der Waals surface area contributed by atoms with Crippen LogP contribution in [0, 0.1) is 0 Å². The number of fused-ring (bicyclic) bond motifs is 1. The molecule has 0 aliphatic carbocycles. The Kier molecular flexibility index (Phi) is 3.73. The van der Waals surface area contributed by atoms with Gasteiger partial charge in [-0.15, -0.1) is 11.3 Å². The summed E-state index contributed by atoms with van der Waals surface area (Å²) in [6.07, 6.45) is 1.60. The Labute approximate surface area is 134 Å². The van der Waals surface area contributed by atoms with Crippen molar-refractivity contribution in [2.75, 3.05) is 12.8 Å². The quantitative estimate of drug-likeness (QED) is 0.760. The summed E-state index contributed by atoms with van der Waals surface area (Å²) in [6, 6.07) is 9.49. The number of nitrogens with two attached hydrogens (primary N) is 1. The molecule has 21 heavy (non-hydrogen) atoms. The summed E-state index contributed by atoms with van der Waals surface area (Å²) in [7, 11) is 1.74. The molecule has 3 rings (SSSR count). The molecule has 0 atom stereocenters. The van der Waals surface area contributed by atoms with Gasteiger partial charge in [-0.1, -0.05) is 15.9 Å². The lowest BCUT2D eigenvalue weighted by Crippen LogP contribution is -2.25. The zero-order valence-electron chi connectivity index (χ0n) is 11.3. The van der Waals surface area contributed by atoms with Crippen molar-refractivity contribution < 1.29 is 9.21 Å². The van der Waals surface area contributed by atoms with Gasteiger partial charge in [0.05, 0.1) is 18.5 Å². The van der Waals surface area contributed by atoms with Gasteiger partial charge in [0.15, 0.2) is 0 Å². The molecule has 4 nitrogen and oxygen atoms in total. The van der Waals surface area contributed by atoms with E-state index in [0.717, 1.165) is 20.3 Å². The normalized spacial score (nSPS) is 11.0. The van der Waals surface area contributed by atoms with Gasteiger partial charge >= 0.3 is 0 Å². The van der Waals surface area contributed by atoms with Gasteiger partial charge in [0.2, 0.25) is 0 Å². The van der Waals surface area contributed by atoms with E-state index in [-0.39, 0.29) is 5.91 Å². The number of thiophene rings is 1. The maximum atomic E-state index is 12.5. The second-order valence-corrected chi connectivity index (χ2v) is 6.69. The molecule has 2 aromatic heterocycles. The highest BCUT2D eigenvalue weighted by atomic mass is 79.9. The summed E-state index contributed by atoms with van der Waals surface area (Å²) >= 11 is 4.84. The lowest BCUT2D eigenvalue weighted by molar-refractivity contribution is 0.0781. The molecule has 108 valence electrons. The number of rotatable bonds is 3. The number of nitrogen functional groups attached to an aromatic ring is 1. The van der Waals surface area contributed by atoms with E-state index < -0.39 is 0 Å². The minimum atomic E-state index is -0.0961. The van der Waals surface area contributed by atoms with Crippen molar-refractivity contribution >= 4 is 48.9 Å². The molecule has 6 heteroatoms. The predicted molar refractivity (Wildman–Crippen MR) is 88.4 cm³/mol. The van der Waals surface area contributed by atoms with Gasteiger partial charge in [0, 0.05) is 21.6 Å². The van der Waals surface area contributed by atoms with Crippen LogP contribution in [0.1, 0.15) is 15.4 Å². The van der Waals surface area contributed by atoms with Crippen molar-refractivity contribution in [1.82, 2.24) is 4.90 Å². The summed E-state index contributed by atoms with van der Waals surface area (Å²) in [5.41, 5.74) is 6.67. The van der Waals surface area contributed by atoms with Crippen molar-refractivity contribution in [1.29, 1.82) is 0 Å². The third kappa shape index (κ3) is 2.69. The van der Waals surface area contributed by atoms with E-state index in [4.69, 9.17) is 10.2 Å². The summed E-state index contributed by atoms with van der Waals surface area (Å²) in [5.74, 6) is 0.648. The molecule has 1 aromatic carbocycles. The molecule has 0 aliphatic rings. The summed E-state index contributed by atoms with van der Waals surface area (Å²) in [5, 5.41) is 0.907. The first kappa shape index (κ1) is 14.2. The topological polar surface area (TPSA) is 59.5 Å². The van der Waals surface area contributed by atoms with Crippen LogP contribution in [0.2, 0.25) is 0 Å². The molecule has 0 aliphatic heterocycles. The number of hydrogen-bond donors (Lipinski definition) is 1. The second kappa shape index (κ2) is 5.54. The molecule has 0 spiro atoms.